The standard InChI is InChI=1S/C22H35NO3SSi/c1-6-7-8-10-17-23(18-11-9-12-19-26-28-22(3,4)5)27(24,25)21-15-13-20(2)14-16-21/h6,9-11,13-17H,1,7-8,12,18-19,28H2,2-5H3/b11-9+,17-10+. The quantitative estimate of drug-likeness (QED) is 0.278. The highest BCUT2D eigenvalue weighted by atomic mass is 32.2. The highest BCUT2D eigenvalue weighted by Crippen LogP contribution is 2.20. The molecule has 1 aromatic rings. The van der Waals surface area contributed by atoms with E-state index in [2.05, 4.69) is 27.4 Å². The number of nitrogens with zero attached hydrogens (tertiary/aromatic N) is 1. The molecule has 0 radical (unpaired) electrons. The molecule has 0 unspecified atom stereocenters. The molecule has 0 heterocycles. The molecule has 0 aliphatic heterocycles. The predicted molar refractivity (Wildman–Crippen MR) is 122 cm³/mol. The first-order valence-corrected chi connectivity index (χ1v) is 12.5. The molecule has 0 aliphatic carbocycles. The van der Waals surface area contributed by atoms with E-state index in [1.165, 1.54) is 4.31 Å². The van der Waals surface area contributed by atoms with Crippen LogP contribution in [0.3, 0.4) is 0 Å². The highest BCUT2D eigenvalue weighted by Gasteiger charge is 2.20. The van der Waals surface area contributed by atoms with Crippen molar-refractivity contribution in [3.63, 3.8) is 0 Å². The molecule has 0 spiro atoms. The zero-order valence-corrected chi connectivity index (χ0v) is 20.0. The SMILES string of the molecule is C=CCC/C=C/N(C/C=C/CCO[SiH2]C(C)(C)C)S(=O)(=O)c1ccc(C)cc1. The van der Waals surface area contributed by atoms with Crippen LogP contribution >= 0.6 is 0 Å². The molecule has 0 saturated heterocycles. The number of rotatable bonds is 12. The lowest BCUT2D eigenvalue weighted by atomic mass is 10.2. The average molecular weight is 422 g/mol. The van der Waals surface area contributed by atoms with Crippen LogP contribution in [0.2, 0.25) is 5.04 Å². The van der Waals surface area contributed by atoms with Crippen molar-refractivity contribution < 1.29 is 12.8 Å². The van der Waals surface area contributed by atoms with Gasteiger partial charge >= 0.3 is 0 Å². The molecule has 0 saturated carbocycles. The first-order chi connectivity index (χ1) is 13.2. The molecule has 0 aromatic heterocycles. The predicted octanol–water partition coefficient (Wildman–Crippen LogP) is 4.73. The Morgan fingerprint density at radius 3 is 2.36 bits per heavy atom. The third-order valence-corrected chi connectivity index (χ3v) is 6.97. The number of aryl methyl sites for hydroxylation is 1. The van der Waals surface area contributed by atoms with Crippen LogP contribution in [-0.2, 0) is 14.4 Å². The van der Waals surface area contributed by atoms with Crippen LogP contribution in [0.4, 0.5) is 0 Å². The van der Waals surface area contributed by atoms with Gasteiger partial charge in [0.05, 0.1) is 11.4 Å². The van der Waals surface area contributed by atoms with E-state index in [9.17, 15) is 8.42 Å². The summed E-state index contributed by atoms with van der Waals surface area (Å²) in [4.78, 5) is 0.305. The maximum absolute atomic E-state index is 13.0. The minimum absolute atomic E-state index is 0.291. The van der Waals surface area contributed by atoms with Crippen molar-refractivity contribution in [1.82, 2.24) is 4.31 Å². The minimum Gasteiger partial charge on any atom is -0.423 e. The van der Waals surface area contributed by atoms with Crippen LogP contribution in [0.1, 0.15) is 45.6 Å². The fourth-order valence-corrected chi connectivity index (χ4v) is 4.52. The summed E-state index contributed by atoms with van der Waals surface area (Å²) in [5.41, 5.74) is 1.03. The van der Waals surface area contributed by atoms with Crippen LogP contribution in [-0.4, -0.2) is 35.6 Å². The van der Waals surface area contributed by atoms with Crippen molar-refractivity contribution in [2.45, 2.75) is 56.9 Å². The largest absolute Gasteiger partial charge is 0.423 e. The van der Waals surface area contributed by atoms with E-state index in [1.807, 2.05) is 43.4 Å². The number of hydrogen-bond donors (Lipinski definition) is 0. The van der Waals surface area contributed by atoms with E-state index in [0.717, 1.165) is 24.8 Å². The summed E-state index contributed by atoms with van der Waals surface area (Å²) in [5.74, 6) is 0. The summed E-state index contributed by atoms with van der Waals surface area (Å²) in [6.07, 6.45) is 11.6. The number of allylic oxidation sites excluding steroid dienone is 2. The number of hydrogen-bond acceptors (Lipinski definition) is 3. The van der Waals surface area contributed by atoms with Crippen molar-refractivity contribution in [3.8, 4) is 0 Å². The first-order valence-electron chi connectivity index (χ1n) is 9.75. The molecule has 0 fully saturated rings. The minimum atomic E-state index is -3.58. The summed E-state index contributed by atoms with van der Waals surface area (Å²) in [6.45, 7) is 13.2. The Kier molecular flexibility index (Phi) is 10.5. The normalized spacial score (nSPS) is 13.1. The van der Waals surface area contributed by atoms with Crippen LogP contribution in [0.15, 0.2) is 66.2 Å². The van der Waals surface area contributed by atoms with E-state index in [-0.39, 0.29) is 0 Å². The van der Waals surface area contributed by atoms with Gasteiger partial charge in [0.25, 0.3) is 10.0 Å². The zero-order chi connectivity index (χ0) is 21.0. The molecule has 0 amide bonds. The van der Waals surface area contributed by atoms with E-state index < -0.39 is 19.8 Å². The Labute approximate surface area is 174 Å². The first kappa shape index (κ1) is 24.4. The van der Waals surface area contributed by atoms with Crippen molar-refractivity contribution >= 4 is 19.8 Å². The Hall–Kier alpha value is -1.63. The summed E-state index contributed by atoms with van der Waals surface area (Å²) in [7, 11) is -4.11. The van der Waals surface area contributed by atoms with Gasteiger partial charge in [-0.05, 0) is 43.4 Å². The van der Waals surface area contributed by atoms with Crippen LogP contribution < -0.4 is 0 Å². The van der Waals surface area contributed by atoms with Gasteiger partial charge in [-0.15, -0.1) is 6.58 Å². The van der Waals surface area contributed by atoms with Gasteiger partial charge in [-0.1, -0.05) is 62.8 Å². The van der Waals surface area contributed by atoms with Crippen molar-refractivity contribution in [2.75, 3.05) is 13.2 Å². The second-order valence-corrected chi connectivity index (χ2v) is 12.7. The van der Waals surface area contributed by atoms with E-state index >= 15 is 0 Å². The topological polar surface area (TPSA) is 46.6 Å². The number of sulfonamides is 1. The molecule has 28 heavy (non-hydrogen) atoms. The molecule has 0 N–H and O–H groups in total. The van der Waals surface area contributed by atoms with Gasteiger partial charge in [0, 0.05) is 12.8 Å². The monoisotopic (exact) mass is 421 g/mol. The van der Waals surface area contributed by atoms with Crippen molar-refractivity contribution in [3.05, 3.63) is 66.9 Å². The Balaban J connectivity index is 2.74. The molecule has 156 valence electrons. The summed E-state index contributed by atoms with van der Waals surface area (Å²) >= 11 is 0. The number of benzene rings is 1. The Morgan fingerprint density at radius 2 is 1.75 bits per heavy atom. The average Bonchev–Trinajstić information content (AvgIpc) is 2.62. The maximum Gasteiger partial charge on any atom is 0.264 e. The van der Waals surface area contributed by atoms with E-state index in [4.69, 9.17) is 4.43 Å². The van der Waals surface area contributed by atoms with Crippen LogP contribution in [0.25, 0.3) is 0 Å². The van der Waals surface area contributed by atoms with Gasteiger partial charge in [0.15, 0.2) is 9.76 Å². The zero-order valence-electron chi connectivity index (χ0n) is 17.7. The molecule has 0 bridgehead atoms. The second kappa shape index (κ2) is 12.0. The molecule has 4 nitrogen and oxygen atoms in total. The van der Waals surface area contributed by atoms with Gasteiger partial charge in [0.2, 0.25) is 0 Å². The van der Waals surface area contributed by atoms with E-state index in [1.54, 1.807) is 18.3 Å². The summed E-state index contributed by atoms with van der Waals surface area (Å²) in [5, 5.41) is 0.291. The Morgan fingerprint density at radius 1 is 1.07 bits per heavy atom. The summed E-state index contributed by atoms with van der Waals surface area (Å²) in [6, 6.07) is 6.95. The molecular formula is C22H35NO3SSi. The van der Waals surface area contributed by atoms with Crippen LogP contribution in [0, 0.1) is 6.92 Å². The second-order valence-electron chi connectivity index (χ2n) is 8.01. The van der Waals surface area contributed by atoms with Gasteiger partial charge in [-0.2, -0.15) is 0 Å². The van der Waals surface area contributed by atoms with Crippen molar-refractivity contribution in [1.29, 1.82) is 0 Å². The molecule has 0 atom stereocenters. The fraction of sp³-hybridized carbons (Fsp3) is 0.455. The molecule has 1 aromatic carbocycles. The van der Waals surface area contributed by atoms with Crippen molar-refractivity contribution in [2.24, 2.45) is 0 Å². The molecular weight excluding hydrogens is 386 g/mol. The van der Waals surface area contributed by atoms with Crippen LogP contribution in [0.5, 0.6) is 0 Å². The Bertz CT molecular complexity index is 747. The van der Waals surface area contributed by atoms with Gasteiger partial charge in [0.1, 0.15) is 0 Å². The lowest BCUT2D eigenvalue weighted by Crippen LogP contribution is -2.26. The third kappa shape index (κ3) is 9.53. The molecule has 6 heteroatoms. The third-order valence-electron chi connectivity index (χ3n) is 3.85. The maximum atomic E-state index is 13.0. The van der Waals surface area contributed by atoms with Gasteiger partial charge in [-0.25, -0.2) is 8.42 Å². The molecule has 1 rings (SSSR count). The smallest absolute Gasteiger partial charge is 0.264 e. The molecule has 0 aliphatic rings. The highest BCUT2D eigenvalue weighted by molar-refractivity contribution is 7.89. The van der Waals surface area contributed by atoms with E-state index in [0.29, 0.717) is 23.1 Å². The van der Waals surface area contributed by atoms with Gasteiger partial charge in [-0.3, -0.25) is 4.31 Å². The fourth-order valence-electron chi connectivity index (χ4n) is 2.32. The lowest BCUT2D eigenvalue weighted by molar-refractivity contribution is 0.328. The number of unbranched alkanes of at least 4 members (excludes halogenated alkanes) is 1. The summed E-state index contributed by atoms with van der Waals surface area (Å²) < 4.78 is 33.1. The lowest BCUT2D eigenvalue weighted by Gasteiger charge is -2.19. The van der Waals surface area contributed by atoms with Gasteiger partial charge < -0.3 is 4.43 Å².